The highest BCUT2D eigenvalue weighted by Gasteiger charge is 2.37. The molecule has 2 aromatic carbocycles. The molecular weight excluding hydrogens is 370 g/mol. The first-order valence-corrected chi connectivity index (χ1v) is 9.97. The summed E-state index contributed by atoms with van der Waals surface area (Å²) in [5.41, 5.74) is 2.05. The van der Waals surface area contributed by atoms with Gasteiger partial charge in [0.2, 0.25) is 5.91 Å². The van der Waals surface area contributed by atoms with Gasteiger partial charge in [-0.05, 0) is 43.0 Å². The van der Waals surface area contributed by atoms with Crippen molar-refractivity contribution in [1.29, 1.82) is 0 Å². The summed E-state index contributed by atoms with van der Waals surface area (Å²) in [7, 11) is 4.92. The van der Waals surface area contributed by atoms with Crippen LogP contribution in [0.25, 0.3) is 0 Å². The number of carbonyl (C=O) groups is 1. The Hall–Kier alpha value is -2.89. The van der Waals surface area contributed by atoms with Crippen molar-refractivity contribution in [3.63, 3.8) is 0 Å². The van der Waals surface area contributed by atoms with Gasteiger partial charge in [0, 0.05) is 18.2 Å². The van der Waals surface area contributed by atoms with E-state index in [0.29, 0.717) is 13.0 Å². The van der Waals surface area contributed by atoms with Gasteiger partial charge in [0.15, 0.2) is 11.5 Å². The molecule has 1 saturated heterocycles. The van der Waals surface area contributed by atoms with Crippen LogP contribution in [0, 0.1) is 5.92 Å². The normalized spacial score (nSPS) is 20.6. The molecule has 0 saturated carbocycles. The van der Waals surface area contributed by atoms with Crippen molar-refractivity contribution >= 4 is 5.91 Å². The Morgan fingerprint density at radius 1 is 1.07 bits per heavy atom. The molecule has 0 bridgehead atoms. The van der Waals surface area contributed by atoms with Crippen LogP contribution in [0.15, 0.2) is 36.4 Å². The maximum absolute atomic E-state index is 13.4. The van der Waals surface area contributed by atoms with Crippen LogP contribution in [0.5, 0.6) is 23.0 Å². The average molecular weight is 397 g/mol. The molecule has 0 N–H and O–H groups in total. The Morgan fingerprint density at radius 3 is 2.66 bits per heavy atom. The fraction of sp³-hybridized carbons (Fsp3) is 0.435. The number of nitrogens with zero attached hydrogens (tertiary/aromatic N) is 1. The third-order valence-electron chi connectivity index (χ3n) is 5.86. The average Bonchev–Trinajstić information content (AvgIpc) is 3.26. The first-order valence-electron chi connectivity index (χ1n) is 9.97. The maximum atomic E-state index is 13.4. The minimum absolute atomic E-state index is 0.00932. The number of carbonyl (C=O) groups excluding carboxylic acids is 1. The van der Waals surface area contributed by atoms with Gasteiger partial charge in [0.1, 0.15) is 18.1 Å². The predicted molar refractivity (Wildman–Crippen MR) is 109 cm³/mol. The molecule has 154 valence electrons. The minimum Gasteiger partial charge on any atom is -0.497 e. The lowest BCUT2D eigenvalue weighted by molar-refractivity contribution is -0.137. The molecule has 0 aliphatic carbocycles. The molecule has 6 heteroatoms. The summed E-state index contributed by atoms with van der Waals surface area (Å²) in [5, 5.41) is 0. The van der Waals surface area contributed by atoms with Crippen LogP contribution < -0.4 is 18.9 Å². The number of amides is 1. The van der Waals surface area contributed by atoms with Gasteiger partial charge in [0.25, 0.3) is 0 Å². The molecule has 1 fully saturated rings. The summed E-state index contributed by atoms with van der Waals surface area (Å²) >= 11 is 0. The predicted octanol–water partition coefficient (Wildman–Crippen LogP) is 3.63. The van der Waals surface area contributed by atoms with E-state index in [4.69, 9.17) is 18.9 Å². The number of ether oxygens (including phenoxy) is 4. The van der Waals surface area contributed by atoms with E-state index in [-0.39, 0.29) is 17.9 Å². The van der Waals surface area contributed by atoms with E-state index >= 15 is 0 Å². The summed E-state index contributed by atoms with van der Waals surface area (Å²) < 4.78 is 22.2. The molecule has 6 nitrogen and oxygen atoms in total. The van der Waals surface area contributed by atoms with Crippen LogP contribution in [0.4, 0.5) is 0 Å². The van der Waals surface area contributed by atoms with E-state index in [1.165, 1.54) is 0 Å². The van der Waals surface area contributed by atoms with Gasteiger partial charge in [-0.25, -0.2) is 0 Å². The number of hydrogen-bond acceptors (Lipinski definition) is 5. The second kappa shape index (κ2) is 8.23. The van der Waals surface area contributed by atoms with Gasteiger partial charge >= 0.3 is 0 Å². The van der Waals surface area contributed by atoms with Crippen molar-refractivity contribution in [2.45, 2.75) is 25.3 Å². The van der Waals surface area contributed by atoms with Crippen molar-refractivity contribution in [3.8, 4) is 23.0 Å². The van der Waals surface area contributed by atoms with Crippen LogP contribution in [0.2, 0.25) is 0 Å². The molecule has 2 aliphatic heterocycles. The zero-order valence-corrected chi connectivity index (χ0v) is 17.1. The third kappa shape index (κ3) is 3.59. The van der Waals surface area contributed by atoms with Crippen LogP contribution >= 0.6 is 0 Å². The Bertz CT molecular complexity index is 897. The number of methoxy groups -OCH3 is 3. The molecule has 2 heterocycles. The number of rotatable bonds is 5. The smallest absolute Gasteiger partial charge is 0.229 e. The summed E-state index contributed by atoms with van der Waals surface area (Å²) in [6.45, 7) is 1.12. The zero-order chi connectivity index (χ0) is 20.4. The maximum Gasteiger partial charge on any atom is 0.229 e. The molecule has 2 unspecified atom stereocenters. The lowest BCUT2D eigenvalue weighted by Crippen LogP contribution is -2.40. The lowest BCUT2D eigenvalue weighted by Gasteiger charge is -2.32. The molecular formula is C23H27NO5. The molecule has 2 atom stereocenters. The van der Waals surface area contributed by atoms with Gasteiger partial charge in [-0.3, -0.25) is 4.79 Å². The standard InChI is InChI=1S/C23H27NO5/c1-26-17-9-10-18(21(13-17)28-3)19-7-5-11-24(19)23(25)16-12-15-6-4-8-20(27-2)22(15)29-14-16/h4,6,8-10,13,16,19H,5,7,11-12,14H2,1-3H3. The van der Waals surface area contributed by atoms with Crippen LogP contribution in [0.3, 0.4) is 0 Å². The molecule has 2 aliphatic rings. The zero-order valence-electron chi connectivity index (χ0n) is 17.1. The monoisotopic (exact) mass is 397 g/mol. The van der Waals surface area contributed by atoms with Crippen LogP contribution in [0.1, 0.15) is 30.0 Å². The molecule has 0 spiro atoms. The van der Waals surface area contributed by atoms with Crippen LogP contribution in [-0.4, -0.2) is 45.3 Å². The molecule has 1 amide bonds. The second-order valence-electron chi connectivity index (χ2n) is 7.46. The molecule has 0 radical (unpaired) electrons. The summed E-state index contributed by atoms with van der Waals surface area (Å²) in [4.78, 5) is 15.4. The first-order chi connectivity index (χ1) is 14.2. The lowest BCUT2D eigenvalue weighted by atomic mass is 9.94. The Balaban J connectivity index is 1.56. The number of para-hydroxylation sites is 1. The summed E-state index contributed by atoms with van der Waals surface area (Å²) in [6, 6.07) is 11.6. The number of hydrogen-bond donors (Lipinski definition) is 0. The van der Waals surface area contributed by atoms with Crippen molar-refractivity contribution in [3.05, 3.63) is 47.5 Å². The largest absolute Gasteiger partial charge is 0.497 e. The quantitative estimate of drug-likeness (QED) is 0.771. The number of fused-ring (bicyclic) bond motifs is 1. The fourth-order valence-corrected chi connectivity index (χ4v) is 4.40. The SMILES string of the molecule is COc1ccc(C2CCCN2C(=O)C2COc3c(cccc3OC)C2)c(OC)c1. The van der Waals surface area contributed by atoms with Gasteiger partial charge in [-0.1, -0.05) is 12.1 Å². The van der Waals surface area contributed by atoms with E-state index in [1.54, 1.807) is 21.3 Å². The van der Waals surface area contributed by atoms with Crippen molar-refractivity contribution in [2.24, 2.45) is 5.92 Å². The minimum atomic E-state index is -0.195. The molecule has 0 aromatic heterocycles. The summed E-state index contributed by atoms with van der Waals surface area (Å²) in [6.07, 6.45) is 2.56. The van der Waals surface area contributed by atoms with E-state index < -0.39 is 0 Å². The Kier molecular flexibility index (Phi) is 5.51. The van der Waals surface area contributed by atoms with E-state index in [9.17, 15) is 4.79 Å². The topological polar surface area (TPSA) is 57.2 Å². The van der Waals surface area contributed by atoms with Gasteiger partial charge in [-0.15, -0.1) is 0 Å². The van der Waals surface area contributed by atoms with Gasteiger partial charge < -0.3 is 23.8 Å². The van der Waals surface area contributed by atoms with Crippen molar-refractivity contribution in [1.82, 2.24) is 4.90 Å². The van der Waals surface area contributed by atoms with E-state index in [0.717, 1.165) is 53.5 Å². The van der Waals surface area contributed by atoms with E-state index in [2.05, 4.69) is 0 Å². The number of likely N-dealkylation sites (tertiary alicyclic amines) is 1. The first kappa shape index (κ1) is 19.4. The fourth-order valence-electron chi connectivity index (χ4n) is 4.40. The van der Waals surface area contributed by atoms with Crippen LogP contribution in [-0.2, 0) is 11.2 Å². The highest BCUT2D eigenvalue weighted by atomic mass is 16.5. The Morgan fingerprint density at radius 2 is 1.90 bits per heavy atom. The van der Waals surface area contributed by atoms with Gasteiger partial charge in [-0.2, -0.15) is 0 Å². The molecule has 2 aromatic rings. The second-order valence-corrected chi connectivity index (χ2v) is 7.46. The highest BCUT2D eigenvalue weighted by molar-refractivity contribution is 5.81. The van der Waals surface area contributed by atoms with Crippen molar-refractivity contribution < 1.29 is 23.7 Å². The van der Waals surface area contributed by atoms with E-state index in [1.807, 2.05) is 41.3 Å². The summed E-state index contributed by atoms with van der Waals surface area (Å²) in [5.74, 6) is 2.92. The molecule has 29 heavy (non-hydrogen) atoms. The molecule has 4 rings (SSSR count). The van der Waals surface area contributed by atoms with Crippen molar-refractivity contribution in [2.75, 3.05) is 34.5 Å². The third-order valence-corrected chi connectivity index (χ3v) is 5.86. The van der Waals surface area contributed by atoms with Gasteiger partial charge in [0.05, 0.1) is 33.3 Å². The number of benzene rings is 2. The highest BCUT2D eigenvalue weighted by Crippen LogP contribution is 2.41. The Labute approximate surface area is 171 Å².